The minimum absolute atomic E-state index is 0.0882. The van der Waals surface area contributed by atoms with Gasteiger partial charge in [-0.05, 0) is 56.2 Å². The number of anilines is 2. The fraction of sp³-hybridized carbons (Fsp3) is 0.429. The molecule has 0 bridgehead atoms. The molecule has 2 fully saturated rings. The standard InChI is InChI=1S/C28H32FN5O2S2/c1-4-6-7-12-34-27(36)24(38-28(34)37)17-22-19(3)23(18-30)26(35)33(5-2)25(22)32-15-13-31(14-16-32)21-10-8-20(29)9-11-21/h8-11,17H,4-7,12-16H2,1-3H3/b24-17-. The number of thiocarbonyl (C=S) groups is 1. The Balaban J connectivity index is 1.71. The van der Waals surface area contributed by atoms with Gasteiger partial charge in [0.05, 0.1) is 4.91 Å². The van der Waals surface area contributed by atoms with Crippen molar-refractivity contribution in [3.63, 3.8) is 0 Å². The molecule has 2 aliphatic heterocycles. The van der Waals surface area contributed by atoms with E-state index in [1.54, 1.807) is 28.5 Å². The number of nitrogens with zero attached hydrogens (tertiary/aromatic N) is 5. The molecule has 0 unspecified atom stereocenters. The first-order chi connectivity index (χ1) is 18.3. The van der Waals surface area contributed by atoms with Gasteiger partial charge < -0.3 is 9.80 Å². The van der Waals surface area contributed by atoms with E-state index in [1.807, 2.05) is 13.0 Å². The van der Waals surface area contributed by atoms with Crippen LogP contribution in [0.2, 0.25) is 0 Å². The lowest BCUT2D eigenvalue weighted by atomic mass is 10.0. The number of piperazine rings is 1. The topological polar surface area (TPSA) is 72.6 Å². The van der Waals surface area contributed by atoms with Gasteiger partial charge in [-0.15, -0.1) is 0 Å². The molecule has 10 heteroatoms. The average molecular weight is 554 g/mol. The number of carbonyl (C=O) groups excluding carboxylic acids is 1. The maximum Gasteiger partial charge on any atom is 0.270 e. The Kier molecular flexibility index (Phi) is 8.90. The van der Waals surface area contributed by atoms with Crippen LogP contribution < -0.4 is 15.4 Å². The van der Waals surface area contributed by atoms with E-state index in [4.69, 9.17) is 12.2 Å². The molecule has 1 amide bonds. The van der Waals surface area contributed by atoms with Crippen LogP contribution in [0, 0.1) is 24.1 Å². The minimum atomic E-state index is -0.326. The number of hydrogen-bond acceptors (Lipinski definition) is 7. The molecular weight excluding hydrogens is 521 g/mol. The highest BCUT2D eigenvalue weighted by Crippen LogP contribution is 2.36. The molecule has 0 aliphatic carbocycles. The molecule has 1 aromatic carbocycles. The Morgan fingerprint density at radius 1 is 1.08 bits per heavy atom. The van der Waals surface area contributed by atoms with E-state index in [9.17, 15) is 19.2 Å². The van der Waals surface area contributed by atoms with Gasteiger partial charge in [0.2, 0.25) is 0 Å². The predicted octanol–water partition coefficient (Wildman–Crippen LogP) is 4.91. The first kappa shape index (κ1) is 27.9. The molecule has 0 N–H and O–H groups in total. The van der Waals surface area contributed by atoms with Crippen LogP contribution in [0.4, 0.5) is 15.9 Å². The number of halogens is 1. The number of amides is 1. The van der Waals surface area contributed by atoms with E-state index >= 15 is 0 Å². The summed E-state index contributed by atoms with van der Waals surface area (Å²) in [5.74, 6) is 0.312. The molecule has 200 valence electrons. The molecule has 0 spiro atoms. The van der Waals surface area contributed by atoms with E-state index in [-0.39, 0.29) is 22.8 Å². The Morgan fingerprint density at radius 3 is 2.34 bits per heavy atom. The number of carbonyl (C=O) groups is 1. The summed E-state index contributed by atoms with van der Waals surface area (Å²) in [5, 5.41) is 9.81. The van der Waals surface area contributed by atoms with Crippen molar-refractivity contribution in [1.29, 1.82) is 5.26 Å². The number of pyridine rings is 1. The van der Waals surface area contributed by atoms with Gasteiger partial charge in [0, 0.05) is 50.5 Å². The highest BCUT2D eigenvalue weighted by Gasteiger charge is 2.33. The number of rotatable bonds is 8. The van der Waals surface area contributed by atoms with E-state index in [0.717, 1.165) is 24.9 Å². The molecular formula is C28H32FN5O2S2. The number of aromatic nitrogens is 1. The SMILES string of the molecule is CCCCCN1C(=O)/C(=C/c2c(C)c(C#N)c(=O)n(CC)c2N2CCN(c3ccc(F)cc3)CC2)SC1=S. The lowest BCUT2D eigenvalue weighted by Crippen LogP contribution is -2.48. The van der Waals surface area contributed by atoms with Crippen LogP contribution in [-0.4, -0.2) is 52.4 Å². The van der Waals surface area contributed by atoms with Crippen molar-refractivity contribution in [3.8, 4) is 6.07 Å². The van der Waals surface area contributed by atoms with Crippen molar-refractivity contribution in [2.75, 3.05) is 42.5 Å². The number of thioether (sulfide) groups is 1. The zero-order valence-electron chi connectivity index (χ0n) is 22.0. The van der Waals surface area contributed by atoms with Gasteiger partial charge in [0.25, 0.3) is 11.5 Å². The molecule has 4 rings (SSSR count). The van der Waals surface area contributed by atoms with E-state index < -0.39 is 0 Å². The quantitative estimate of drug-likeness (QED) is 0.261. The maximum atomic E-state index is 13.4. The number of nitriles is 1. The summed E-state index contributed by atoms with van der Waals surface area (Å²) in [7, 11) is 0. The van der Waals surface area contributed by atoms with Crippen molar-refractivity contribution in [3.05, 3.63) is 62.0 Å². The fourth-order valence-corrected chi connectivity index (χ4v) is 6.24. The van der Waals surface area contributed by atoms with Gasteiger partial charge >= 0.3 is 0 Å². The lowest BCUT2D eigenvalue weighted by molar-refractivity contribution is -0.122. The largest absolute Gasteiger partial charge is 0.368 e. The number of hydrogen-bond donors (Lipinski definition) is 0. The first-order valence-corrected chi connectivity index (χ1v) is 14.2. The van der Waals surface area contributed by atoms with Crippen molar-refractivity contribution < 1.29 is 9.18 Å². The number of unbranched alkanes of at least 4 members (excludes halogenated alkanes) is 2. The van der Waals surface area contributed by atoms with Gasteiger partial charge in [-0.3, -0.25) is 19.1 Å². The first-order valence-electron chi connectivity index (χ1n) is 13.0. The third kappa shape index (κ3) is 5.49. The third-order valence-corrected chi connectivity index (χ3v) is 8.45. The van der Waals surface area contributed by atoms with E-state index in [2.05, 4.69) is 22.8 Å². The molecule has 7 nitrogen and oxygen atoms in total. The Morgan fingerprint density at radius 2 is 1.74 bits per heavy atom. The summed E-state index contributed by atoms with van der Waals surface area (Å²) in [6, 6.07) is 8.53. The van der Waals surface area contributed by atoms with Crippen molar-refractivity contribution in [1.82, 2.24) is 9.47 Å². The van der Waals surface area contributed by atoms with Gasteiger partial charge in [-0.1, -0.05) is 43.7 Å². The van der Waals surface area contributed by atoms with Crippen LogP contribution in [-0.2, 0) is 11.3 Å². The molecule has 3 heterocycles. The second-order valence-electron chi connectivity index (χ2n) is 9.39. The summed E-state index contributed by atoms with van der Waals surface area (Å²) in [6.45, 7) is 9.36. The van der Waals surface area contributed by atoms with Crippen LogP contribution in [0.5, 0.6) is 0 Å². The summed E-state index contributed by atoms with van der Waals surface area (Å²) < 4.78 is 15.6. The maximum absolute atomic E-state index is 13.4. The summed E-state index contributed by atoms with van der Waals surface area (Å²) in [5.41, 5.74) is 1.97. The van der Waals surface area contributed by atoms with Gasteiger partial charge in [-0.2, -0.15) is 5.26 Å². The minimum Gasteiger partial charge on any atom is -0.368 e. The molecule has 2 saturated heterocycles. The smallest absolute Gasteiger partial charge is 0.270 e. The molecule has 1 aromatic heterocycles. The highest BCUT2D eigenvalue weighted by molar-refractivity contribution is 8.26. The zero-order chi connectivity index (χ0) is 27.4. The van der Waals surface area contributed by atoms with Crippen LogP contribution in [0.15, 0.2) is 34.0 Å². The van der Waals surface area contributed by atoms with Crippen LogP contribution >= 0.6 is 24.0 Å². The molecule has 2 aromatic rings. The summed E-state index contributed by atoms with van der Waals surface area (Å²) in [6.07, 6.45) is 4.77. The van der Waals surface area contributed by atoms with Gasteiger partial charge in [0.1, 0.15) is 27.6 Å². The van der Waals surface area contributed by atoms with Crippen molar-refractivity contribution in [2.45, 2.75) is 46.6 Å². The van der Waals surface area contributed by atoms with Gasteiger partial charge in [0.15, 0.2) is 0 Å². The summed E-state index contributed by atoms with van der Waals surface area (Å²) >= 11 is 6.79. The third-order valence-electron chi connectivity index (χ3n) is 7.07. The highest BCUT2D eigenvalue weighted by atomic mass is 32.2. The molecule has 0 saturated carbocycles. The molecule has 0 atom stereocenters. The van der Waals surface area contributed by atoms with Crippen LogP contribution in [0.25, 0.3) is 6.08 Å². The summed E-state index contributed by atoms with van der Waals surface area (Å²) in [4.78, 5) is 33.1. The normalized spacial score (nSPS) is 17.0. The van der Waals surface area contributed by atoms with Gasteiger partial charge in [-0.25, -0.2) is 4.39 Å². The monoisotopic (exact) mass is 553 g/mol. The Hall–Kier alpha value is -3.16. The van der Waals surface area contributed by atoms with Crippen LogP contribution in [0.3, 0.4) is 0 Å². The molecule has 2 aliphatic rings. The Labute approximate surface area is 232 Å². The second kappa shape index (κ2) is 12.1. The predicted molar refractivity (Wildman–Crippen MR) is 156 cm³/mol. The van der Waals surface area contributed by atoms with Crippen LogP contribution in [0.1, 0.15) is 49.8 Å². The molecule has 0 radical (unpaired) electrons. The second-order valence-corrected chi connectivity index (χ2v) is 11.1. The molecule has 38 heavy (non-hydrogen) atoms. The van der Waals surface area contributed by atoms with E-state index in [0.29, 0.717) is 65.4 Å². The number of benzene rings is 1. The van der Waals surface area contributed by atoms with Crippen molar-refractivity contribution in [2.24, 2.45) is 0 Å². The lowest BCUT2D eigenvalue weighted by Gasteiger charge is -2.39. The average Bonchev–Trinajstić information content (AvgIpc) is 3.18. The Bertz CT molecular complexity index is 1360. The van der Waals surface area contributed by atoms with Crippen molar-refractivity contribution >= 4 is 51.8 Å². The van der Waals surface area contributed by atoms with E-state index in [1.165, 1.54) is 23.9 Å². The zero-order valence-corrected chi connectivity index (χ0v) is 23.6. The fourth-order valence-electron chi connectivity index (χ4n) is 4.95.